The Bertz CT molecular complexity index is 1670. The zero-order valence-electron chi connectivity index (χ0n) is 22.6. The van der Waals surface area contributed by atoms with Gasteiger partial charge in [0, 0.05) is 22.9 Å². The van der Waals surface area contributed by atoms with Gasteiger partial charge in [-0.3, -0.25) is 14.4 Å². The molecule has 2 aromatic heterocycles. The number of hydrogen-bond donors (Lipinski definition) is 2. The fourth-order valence-corrected chi connectivity index (χ4v) is 5.76. The highest BCUT2D eigenvalue weighted by atomic mass is 35.5. The van der Waals surface area contributed by atoms with Gasteiger partial charge in [0.1, 0.15) is 23.1 Å². The van der Waals surface area contributed by atoms with Gasteiger partial charge in [-0.05, 0) is 60.4 Å². The zero-order valence-corrected chi connectivity index (χ0v) is 24.2. The van der Waals surface area contributed by atoms with E-state index in [4.69, 9.17) is 21.1 Å². The standard InChI is InChI=1S/C28H26ClF2N5O5S/c1-14(37)12-36-24(15(2)19-9-16(30)3-5-21(19)29)25(33-26(36)28(39)32-11-18-13-40-7-8-41-18)34-27(38)23-20-10-17(31)4-6-22(20)42-35-23/h3-6,9-10,15,18H,7-8,11-13H2,1-2H3,(H,32,39)(H,34,38)/t15-,18-/m1/s1. The Morgan fingerprint density at radius 3 is 2.64 bits per heavy atom. The molecule has 0 unspecified atom stereocenters. The van der Waals surface area contributed by atoms with Crippen LogP contribution < -0.4 is 10.6 Å². The normalized spacial score (nSPS) is 15.9. The van der Waals surface area contributed by atoms with Crippen LogP contribution in [0.4, 0.5) is 14.6 Å². The highest BCUT2D eigenvalue weighted by molar-refractivity contribution is 7.13. The van der Waals surface area contributed by atoms with Crippen molar-refractivity contribution in [2.45, 2.75) is 32.4 Å². The van der Waals surface area contributed by atoms with Crippen LogP contribution in [-0.4, -0.2) is 64.0 Å². The third kappa shape index (κ3) is 6.33. The quantitative estimate of drug-likeness (QED) is 0.282. The predicted molar refractivity (Wildman–Crippen MR) is 152 cm³/mol. The molecular weight excluding hydrogens is 592 g/mol. The van der Waals surface area contributed by atoms with E-state index >= 15 is 0 Å². The summed E-state index contributed by atoms with van der Waals surface area (Å²) >= 11 is 7.44. The van der Waals surface area contributed by atoms with Gasteiger partial charge in [-0.15, -0.1) is 0 Å². The second-order valence-corrected chi connectivity index (χ2v) is 11.0. The van der Waals surface area contributed by atoms with Crippen LogP contribution in [0.3, 0.4) is 0 Å². The average Bonchev–Trinajstić information content (AvgIpc) is 3.54. The Labute approximate surface area is 248 Å². The van der Waals surface area contributed by atoms with Gasteiger partial charge in [0.25, 0.3) is 11.8 Å². The molecule has 0 spiro atoms. The van der Waals surface area contributed by atoms with Crippen molar-refractivity contribution in [2.24, 2.45) is 0 Å². The number of nitrogens with one attached hydrogen (secondary N) is 2. The summed E-state index contributed by atoms with van der Waals surface area (Å²) in [6.07, 6.45) is -0.374. The van der Waals surface area contributed by atoms with Crippen molar-refractivity contribution in [3.8, 4) is 0 Å². The first-order chi connectivity index (χ1) is 20.1. The summed E-state index contributed by atoms with van der Waals surface area (Å²) < 4.78 is 45.4. The number of hydrogen-bond acceptors (Lipinski definition) is 8. The van der Waals surface area contributed by atoms with Crippen LogP contribution in [0.2, 0.25) is 5.02 Å². The zero-order chi connectivity index (χ0) is 30.0. The van der Waals surface area contributed by atoms with Gasteiger partial charge in [0.05, 0.1) is 42.9 Å². The molecule has 4 aromatic rings. The van der Waals surface area contributed by atoms with Gasteiger partial charge >= 0.3 is 0 Å². The maximum atomic E-state index is 14.3. The number of anilines is 1. The Morgan fingerprint density at radius 1 is 1.14 bits per heavy atom. The summed E-state index contributed by atoms with van der Waals surface area (Å²) in [7, 11) is 0. The van der Waals surface area contributed by atoms with Gasteiger partial charge < -0.3 is 24.7 Å². The van der Waals surface area contributed by atoms with Gasteiger partial charge in [-0.25, -0.2) is 13.8 Å². The van der Waals surface area contributed by atoms with Crippen LogP contribution in [-0.2, 0) is 20.8 Å². The maximum Gasteiger partial charge on any atom is 0.287 e. The SMILES string of the molecule is CC(=O)Cn1c(C(=O)NC[C@@H]2COCCO2)nc(NC(=O)c2nsc3ccc(F)cc23)c1[C@H](C)c1cc(F)ccc1Cl. The van der Waals surface area contributed by atoms with Crippen LogP contribution in [0.25, 0.3) is 10.1 Å². The molecule has 2 aromatic carbocycles. The molecule has 220 valence electrons. The third-order valence-corrected chi connectivity index (χ3v) is 7.85. The number of rotatable bonds is 9. The monoisotopic (exact) mass is 617 g/mol. The molecular formula is C28H26ClF2N5O5S. The number of halogens is 3. The summed E-state index contributed by atoms with van der Waals surface area (Å²) in [4.78, 5) is 43.7. The average molecular weight is 618 g/mol. The summed E-state index contributed by atoms with van der Waals surface area (Å²) in [5.74, 6) is -3.70. The molecule has 0 saturated carbocycles. The number of carbonyl (C=O) groups excluding carboxylic acids is 3. The minimum atomic E-state index is -0.739. The number of fused-ring (bicyclic) bond motifs is 1. The van der Waals surface area contributed by atoms with Gasteiger partial charge in [-0.2, -0.15) is 4.37 Å². The van der Waals surface area contributed by atoms with Crippen molar-refractivity contribution in [1.29, 1.82) is 0 Å². The lowest BCUT2D eigenvalue weighted by molar-refractivity contribution is -0.117. The second-order valence-electron chi connectivity index (χ2n) is 9.75. The molecule has 2 atom stereocenters. The van der Waals surface area contributed by atoms with Crippen LogP contribution in [0.1, 0.15) is 52.1 Å². The Balaban J connectivity index is 1.58. The van der Waals surface area contributed by atoms with Crippen molar-refractivity contribution in [1.82, 2.24) is 19.2 Å². The maximum absolute atomic E-state index is 14.3. The van der Waals surface area contributed by atoms with Crippen LogP contribution in [0.15, 0.2) is 36.4 Å². The Hall–Kier alpha value is -3.78. The summed E-state index contributed by atoms with van der Waals surface area (Å²) in [5.41, 5.74) is 0.537. The molecule has 10 nitrogen and oxygen atoms in total. The van der Waals surface area contributed by atoms with Crippen molar-refractivity contribution in [3.63, 3.8) is 0 Å². The third-order valence-electron chi connectivity index (χ3n) is 6.68. The summed E-state index contributed by atoms with van der Waals surface area (Å²) in [6.45, 7) is 4.02. The number of Topliss-reactive ketones (excluding diaryl/α,β-unsaturated/α-hetero) is 1. The van der Waals surface area contributed by atoms with E-state index in [1.807, 2.05) is 0 Å². The van der Waals surface area contributed by atoms with Crippen molar-refractivity contribution < 1.29 is 32.6 Å². The molecule has 42 heavy (non-hydrogen) atoms. The molecule has 0 aliphatic carbocycles. The number of amides is 2. The van der Waals surface area contributed by atoms with E-state index in [1.165, 1.54) is 47.9 Å². The molecule has 0 radical (unpaired) electrons. The molecule has 2 amide bonds. The molecule has 1 fully saturated rings. The number of nitrogens with zero attached hydrogens (tertiary/aromatic N) is 3. The number of imidazole rings is 1. The van der Waals surface area contributed by atoms with E-state index in [-0.39, 0.29) is 53.0 Å². The first-order valence-corrected chi connectivity index (χ1v) is 14.2. The van der Waals surface area contributed by atoms with E-state index in [2.05, 4.69) is 20.0 Å². The van der Waals surface area contributed by atoms with Gasteiger partial charge in [0.15, 0.2) is 5.82 Å². The fraction of sp³-hybridized carbons (Fsp3) is 0.321. The molecule has 1 aliphatic rings. The smallest absolute Gasteiger partial charge is 0.287 e. The van der Waals surface area contributed by atoms with Crippen LogP contribution >= 0.6 is 23.1 Å². The lowest BCUT2D eigenvalue weighted by Crippen LogP contribution is -2.40. The first-order valence-electron chi connectivity index (χ1n) is 13.0. The molecule has 1 saturated heterocycles. The van der Waals surface area contributed by atoms with Gasteiger partial charge in [-0.1, -0.05) is 18.5 Å². The molecule has 1 aliphatic heterocycles. The largest absolute Gasteiger partial charge is 0.376 e. The van der Waals surface area contributed by atoms with E-state index in [0.29, 0.717) is 35.5 Å². The second kappa shape index (κ2) is 12.6. The van der Waals surface area contributed by atoms with E-state index in [9.17, 15) is 23.2 Å². The van der Waals surface area contributed by atoms with E-state index < -0.39 is 29.4 Å². The number of carbonyl (C=O) groups is 3. The lowest BCUT2D eigenvalue weighted by atomic mass is 9.96. The molecule has 2 N–H and O–H groups in total. The molecule has 3 heterocycles. The number of ketones is 1. The van der Waals surface area contributed by atoms with Crippen molar-refractivity contribution in [3.05, 3.63) is 75.8 Å². The first kappa shape index (κ1) is 29.7. The highest BCUT2D eigenvalue weighted by Crippen LogP contribution is 2.36. The number of benzene rings is 2. The minimum Gasteiger partial charge on any atom is -0.376 e. The summed E-state index contributed by atoms with van der Waals surface area (Å²) in [5, 5.41) is 5.96. The van der Waals surface area contributed by atoms with Crippen LogP contribution in [0.5, 0.6) is 0 Å². The van der Waals surface area contributed by atoms with E-state index in [1.54, 1.807) is 6.92 Å². The van der Waals surface area contributed by atoms with Crippen molar-refractivity contribution >= 4 is 56.6 Å². The van der Waals surface area contributed by atoms with Gasteiger partial charge in [0.2, 0.25) is 5.82 Å². The fourth-order valence-electron chi connectivity index (χ4n) is 4.73. The lowest BCUT2D eigenvalue weighted by Gasteiger charge is -2.23. The number of ether oxygens (including phenoxy) is 2. The molecule has 14 heteroatoms. The molecule has 5 rings (SSSR count). The number of aromatic nitrogens is 3. The Morgan fingerprint density at radius 2 is 1.90 bits per heavy atom. The van der Waals surface area contributed by atoms with Crippen molar-refractivity contribution in [2.75, 3.05) is 31.7 Å². The van der Waals surface area contributed by atoms with E-state index in [0.717, 1.165) is 11.5 Å². The topological polar surface area (TPSA) is 124 Å². The highest BCUT2D eigenvalue weighted by Gasteiger charge is 2.30. The van der Waals surface area contributed by atoms with Crippen LogP contribution in [0, 0.1) is 11.6 Å². The predicted octanol–water partition coefficient (Wildman–Crippen LogP) is 4.56. The summed E-state index contributed by atoms with van der Waals surface area (Å²) in [6, 6.07) is 7.82. The Kier molecular flexibility index (Phi) is 8.92. The minimum absolute atomic E-state index is 0.0431. The molecule has 0 bridgehead atoms.